The second kappa shape index (κ2) is 8.89. The van der Waals surface area contributed by atoms with Gasteiger partial charge in [0.2, 0.25) is 0 Å². The number of amides is 2. The topological polar surface area (TPSA) is 131 Å². The number of nitrogens with one attached hydrogen (secondary N) is 2. The van der Waals surface area contributed by atoms with E-state index in [0.29, 0.717) is 12.2 Å². The molecule has 1 aliphatic carbocycles. The van der Waals surface area contributed by atoms with Crippen molar-refractivity contribution in [1.29, 1.82) is 0 Å². The van der Waals surface area contributed by atoms with Gasteiger partial charge < -0.3 is 15.7 Å². The van der Waals surface area contributed by atoms with Gasteiger partial charge in [-0.25, -0.2) is 4.79 Å². The van der Waals surface area contributed by atoms with Gasteiger partial charge in [-0.1, -0.05) is 19.3 Å². The number of aryl methyl sites for hydroxylation is 1. The lowest BCUT2D eigenvalue weighted by Gasteiger charge is -2.22. The molecule has 1 aliphatic rings. The van der Waals surface area contributed by atoms with Gasteiger partial charge in [-0.15, -0.1) is 0 Å². The molecule has 2 aromatic rings. The van der Waals surface area contributed by atoms with Gasteiger partial charge in [0, 0.05) is 25.0 Å². The molecule has 2 amide bonds. The average molecular weight is 402 g/mol. The summed E-state index contributed by atoms with van der Waals surface area (Å²) in [7, 11) is 0. The number of rotatable bonds is 7. The summed E-state index contributed by atoms with van der Waals surface area (Å²) in [5.74, 6) is -1.85. The standard InChI is InChI=1S/C19H26N6O4/c1-3-24-11-15(16(23-24)18(27)21-14-7-5-4-6-8-14)22-17(26)13-9-20-25(10-13)12(2)19(28)29/h9-12,14H,3-8H2,1-2H3,(H,21,27)(H,22,26)(H,28,29). The van der Waals surface area contributed by atoms with Crippen molar-refractivity contribution < 1.29 is 19.5 Å². The van der Waals surface area contributed by atoms with Gasteiger partial charge in [-0.3, -0.25) is 19.0 Å². The lowest BCUT2D eigenvalue weighted by Crippen LogP contribution is -2.36. The maximum absolute atomic E-state index is 12.7. The van der Waals surface area contributed by atoms with Crippen molar-refractivity contribution in [2.75, 3.05) is 5.32 Å². The van der Waals surface area contributed by atoms with Crippen molar-refractivity contribution in [3.05, 3.63) is 29.8 Å². The van der Waals surface area contributed by atoms with E-state index >= 15 is 0 Å². The van der Waals surface area contributed by atoms with Gasteiger partial charge in [0.25, 0.3) is 11.8 Å². The van der Waals surface area contributed by atoms with E-state index in [1.54, 1.807) is 10.9 Å². The number of aliphatic carboxylic acids is 1. The molecule has 3 N–H and O–H groups in total. The van der Waals surface area contributed by atoms with E-state index in [1.165, 1.54) is 30.4 Å². The Labute approximate surface area is 168 Å². The van der Waals surface area contributed by atoms with E-state index in [1.807, 2.05) is 6.92 Å². The molecule has 0 saturated heterocycles. The largest absolute Gasteiger partial charge is 0.480 e. The van der Waals surface area contributed by atoms with Gasteiger partial charge in [0.05, 0.1) is 17.4 Å². The number of nitrogens with zero attached hydrogens (tertiary/aromatic N) is 4. The molecule has 0 bridgehead atoms. The minimum atomic E-state index is -1.05. The van der Waals surface area contributed by atoms with Crippen LogP contribution in [-0.2, 0) is 11.3 Å². The third-order valence-electron chi connectivity index (χ3n) is 5.11. The summed E-state index contributed by atoms with van der Waals surface area (Å²) < 4.78 is 2.78. The molecule has 1 atom stereocenters. The Morgan fingerprint density at radius 3 is 2.59 bits per heavy atom. The van der Waals surface area contributed by atoms with Gasteiger partial charge in [0.15, 0.2) is 5.69 Å². The molecular formula is C19H26N6O4. The molecule has 0 aromatic carbocycles. The summed E-state index contributed by atoms with van der Waals surface area (Å²) in [5, 5.41) is 23.0. The monoisotopic (exact) mass is 402 g/mol. The smallest absolute Gasteiger partial charge is 0.328 e. The number of carboxylic acid groups (broad SMARTS) is 1. The molecule has 156 valence electrons. The fourth-order valence-corrected chi connectivity index (χ4v) is 3.32. The van der Waals surface area contributed by atoms with Gasteiger partial charge in [-0.2, -0.15) is 10.2 Å². The van der Waals surface area contributed by atoms with Crippen LogP contribution in [0, 0.1) is 0 Å². The zero-order valence-corrected chi connectivity index (χ0v) is 16.6. The Bertz CT molecular complexity index is 896. The molecule has 1 unspecified atom stereocenters. The Morgan fingerprint density at radius 1 is 1.21 bits per heavy atom. The highest BCUT2D eigenvalue weighted by atomic mass is 16.4. The second-order valence-corrected chi connectivity index (χ2v) is 7.23. The van der Waals surface area contributed by atoms with Crippen LogP contribution in [0.3, 0.4) is 0 Å². The SMILES string of the molecule is CCn1cc(NC(=O)c2cnn(C(C)C(=O)O)c2)c(C(=O)NC2CCCCC2)n1. The maximum Gasteiger partial charge on any atom is 0.328 e. The molecule has 10 nitrogen and oxygen atoms in total. The fourth-order valence-electron chi connectivity index (χ4n) is 3.32. The minimum Gasteiger partial charge on any atom is -0.480 e. The van der Waals surface area contributed by atoms with Gasteiger partial charge in [0.1, 0.15) is 6.04 Å². The van der Waals surface area contributed by atoms with E-state index in [2.05, 4.69) is 20.8 Å². The average Bonchev–Trinajstić information content (AvgIpc) is 3.35. The predicted octanol–water partition coefficient (Wildman–Crippen LogP) is 2.06. The number of anilines is 1. The van der Waals surface area contributed by atoms with E-state index < -0.39 is 17.9 Å². The van der Waals surface area contributed by atoms with Crippen molar-refractivity contribution in [2.45, 2.75) is 64.6 Å². The Balaban J connectivity index is 1.74. The summed E-state index contributed by atoms with van der Waals surface area (Å²) in [6.07, 6.45) is 9.53. The van der Waals surface area contributed by atoms with Crippen LogP contribution >= 0.6 is 0 Å². The first-order valence-corrected chi connectivity index (χ1v) is 9.85. The molecule has 0 radical (unpaired) electrons. The van der Waals surface area contributed by atoms with Gasteiger partial charge in [-0.05, 0) is 26.7 Å². The number of carbonyl (C=O) groups excluding carboxylic acids is 2. The van der Waals surface area contributed by atoms with E-state index in [9.17, 15) is 14.4 Å². The van der Waals surface area contributed by atoms with Crippen molar-refractivity contribution in [1.82, 2.24) is 24.9 Å². The number of hydrogen-bond donors (Lipinski definition) is 3. The number of carboxylic acids is 1. The Hall–Kier alpha value is -3.17. The molecule has 0 spiro atoms. The lowest BCUT2D eigenvalue weighted by molar-refractivity contribution is -0.140. The number of carbonyl (C=O) groups is 3. The molecule has 3 rings (SSSR count). The summed E-state index contributed by atoms with van der Waals surface area (Å²) >= 11 is 0. The van der Waals surface area contributed by atoms with Crippen molar-refractivity contribution in [3.63, 3.8) is 0 Å². The maximum atomic E-state index is 12.7. The summed E-state index contributed by atoms with van der Waals surface area (Å²) in [6.45, 7) is 3.91. The lowest BCUT2D eigenvalue weighted by atomic mass is 9.95. The fraction of sp³-hybridized carbons (Fsp3) is 0.526. The first-order valence-electron chi connectivity index (χ1n) is 9.85. The summed E-state index contributed by atoms with van der Waals surface area (Å²) in [6, 6.07) is -0.765. The van der Waals surface area contributed by atoms with Crippen molar-refractivity contribution >= 4 is 23.5 Å². The molecule has 1 fully saturated rings. The Kier molecular flexibility index (Phi) is 6.30. The van der Waals surface area contributed by atoms with Crippen LogP contribution in [0.4, 0.5) is 5.69 Å². The molecule has 29 heavy (non-hydrogen) atoms. The van der Waals surface area contributed by atoms with Gasteiger partial charge >= 0.3 is 5.97 Å². The predicted molar refractivity (Wildman–Crippen MR) is 105 cm³/mol. The highest BCUT2D eigenvalue weighted by Gasteiger charge is 2.23. The third kappa shape index (κ3) is 4.82. The third-order valence-corrected chi connectivity index (χ3v) is 5.11. The Morgan fingerprint density at radius 2 is 1.93 bits per heavy atom. The van der Waals surface area contributed by atoms with Crippen molar-refractivity contribution in [3.8, 4) is 0 Å². The van der Waals surface area contributed by atoms with Crippen molar-refractivity contribution in [2.24, 2.45) is 0 Å². The summed E-state index contributed by atoms with van der Waals surface area (Å²) in [4.78, 5) is 36.4. The highest BCUT2D eigenvalue weighted by Crippen LogP contribution is 2.20. The zero-order valence-electron chi connectivity index (χ0n) is 16.6. The normalized spacial score (nSPS) is 15.7. The van der Waals surface area contributed by atoms with Crippen LogP contribution in [0.5, 0.6) is 0 Å². The summed E-state index contributed by atoms with van der Waals surface area (Å²) in [5.41, 5.74) is 0.669. The van der Waals surface area contributed by atoms with Crippen LogP contribution in [0.25, 0.3) is 0 Å². The first kappa shape index (κ1) is 20.6. The highest BCUT2D eigenvalue weighted by molar-refractivity contribution is 6.08. The van der Waals surface area contributed by atoms with Crippen LogP contribution in [0.15, 0.2) is 18.6 Å². The number of aromatic nitrogens is 4. The molecule has 10 heteroatoms. The van der Waals surface area contributed by atoms with E-state index in [-0.39, 0.29) is 23.2 Å². The van der Waals surface area contributed by atoms with E-state index in [4.69, 9.17) is 5.11 Å². The second-order valence-electron chi connectivity index (χ2n) is 7.23. The first-order chi connectivity index (χ1) is 13.9. The molecule has 1 saturated carbocycles. The molecule has 2 aromatic heterocycles. The van der Waals surface area contributed by atoms with Crippen LogP contribution < -0.4 is 10.6 Å². The van der Waals surface area contributed by atoms with Crippen LogP contribution in [-0.4, -0.2) is 48.5 Å². The molecule has 0 aliphatic heterocycles. The minimum absolute atomic E-state index is 0.127. The quantitative estimate of drug-likeness (QED) is 0.650. The molecule has 2 heterocycles. The number of hydrogen-bond acceptors (Lipinski definition) is 5. The van der Waals surface area contributed by atoms with Crippen LogP contribution in [0.2, 0.25) is 0 Å². The van der Waals surface area contributed by atoms with E-state index in [0.717, 1.165) is 25.7 Å². The molecular weight excluding hydrogens is 376 g/mol. The zero-order chi connectivity index (χ0) is 21.0. The van der Waals surface area contributed by atoms with Crippen LogP contribution in [0.1, 0.15) is 72.8 Å².